The first-order valence-electron chi connectivity index (χ1n) is 7.55. The number of carbonyl (C=O) groups is 2. The molecule has 0 fully saturated rings. The summed E-state index contributed by atoms with van der Waals surface area (Å²) in [6.45, 7) is 2.42. The Kier molecular flexibility index (Phi) is 6.29. The van der Waals surface area contributed by atoms with Gasteiger partial charge in [-0.15, -0.1) is 0 Å². The van der Waals surface area contributed by atoms with E-state index in [1.807, 2.05) is 18.2 Å². The molecule has 23 heavy (non-hydrogen) atoms. The molecule has 0 radical (unpaired) electrons. The first-order chi connectivity index (χ1) is 11.1. The van der Waals surface area contributed by atoms with Crippen LogP contribution in [0.3, 0.4) is 0 Å². The van der Waals surface area contributed by atoms with E-state index in [4.69, 9.17) is 4.74 Å². The van der Waals surface area contributed by atoms with Crippen LogP contribution in [0, 0.1) is 0 Å². The van der Waals surface area contributed by atoms with Gasteiger partial charge in [0.25, 0.3) is 0 Å². The highest BCUT2D eigenvalue weighted by Gasteiger charge is 2.03. The van der Waals surface area contributed by atoms with E-state index in [9.17, 15) is 9.59 Å². The van der Waals surface area contributed by atoms with Crippen LogP contribution >= 0.6 is 0 Å². The first-order valence-corrected chi connectivity index (χ1v) is 7.55. The van der Waals surface area contributed by atoms with Gasteiger partial charge in [-0.1, -0.05) is 6.07 Å². The third-order valence-corrected chi connectivity index (χ3v) is 3.27. The number of Topliss-reactive ketones (excluding diaryl/α,β-unsaturated/α-hetero) is 1. The van der Waals surface area contributed by atoms with Gasteiger partial charge in [-0.25, -0.2) is 0 Å². The predicted molar refractivity (Wildman–Crippen MR) is 87.3 cm³/mol. The van der Waals surface area contributed by atoms with Gasteiger partial charge in [-0.05, 0) is 49.7 Å². The van der Waals surface area contributed by atoms with E-state index in [1.54, 1.807) is 30.5 Å². The Morgan fingerprint density at radius 2 is 1.91 bits per heavy atom. The minimum absolute atomic E-state index is 0.0221. The molecular weight excluding hydrogens is 292 g/mol. The van der Waals surface area contributed by atoms with Gasteiger partial charge in [-0.3, -0.25) is 14.6 Å². The summed E-state index contributed by atoms with van der Waals surface area (Å²) in [6.07, 6.45) is 2.73. The zero-order chi connectivity index (χ0) is 16.5. The summed E-state index contributed by atoms with van der Waals surface area (Å²) in [4.78, 5) is 27.0. The maximum Gasteiger partial charge on any atom is 0.220 e. The fourth-order valence-electron chi connectivity index (χ4n) is 1.99. The molecule has 0 unspecified atom stereocenters. The Labute approximate surface area is 135 Å². The summed E-state index contributed by atoms with van der Waals surface area (Å²) in [5.74, 6) is 0.705. The summed E-state index contributed by atoms with van der Waals surface area (Å²) in [6, 6.07) is 12.6. The third-order valence-electron chi connectivity index (χ3n) is 3.27. The van der Waals surface area contributed by atoms with Crippen LogP contribution in [0.15, 0.2) is 48.7 Å². The average Bonchev–Trinajstić information content (AvgIpc) is 2.58. The summed E-state index contributed by atoms with van der Waals surface area (Å²) >= 11 is 0. The van der Waals surface area contributed by atoms with Crippen LogP contribution in [-0.4, -0.2) is 23.3 Å². The molecule has 2 aromatic rings. The van der Waals surface area contributed by atoms with Gasteiger partial charge in [0, 0.05) is 18.2 Å². The van der Waals surface area contributed by atoms with Crippen LogP contribution in [0.25, 0.3) is 0 Å². The molecule has 5 nitrogen and oxygen atoms in total. The Morgan fingerprint density at radius 3 is 2.57 bits per heavy atom. The number of amides is 1. The van der Waals surface area contributed by atoms with Crippen molar-refractivity contribution < 1.29 is 14.3 Å². The van der Waals surface area contributed by atoms with Gasteiger partial charge >= 0.3 is 0 Å². The Bertz CT molecular complexity index is 639. The number of rotatable bonds is 8. The van der Waals surface area contributed by atoms with E-state index in [0.717, 1.165) is 5.69 Å². The first kappa shape index (κ1) is 16.7. The fourth-order valence-corrected chi connectivity index (χ4v) is 1.99. The minimum Gasteiger partial charge on any atom is -0.494 e. The van der Waals surface area contributed by atoms with Crippen LogP contribution in [-0.2, 0) is 11.3 Å². The fraction of sp³-hybridized carbons (Fsp3) is 0.278. The van der Waals surface area contributed by atoms with E-state index in [0.29, 0.717) is 37.3 Å². The van der Waals surface area contributed by atoms with Crippen LogP contribution in [0.1, 0.15) is 35.8 Å². The van der Waals surface area contributed by atoms with Crippen molar-refractivity contribution in [1.29, 1.82) is 0 Å². The van der Waals surface area contributed by atoms with Gasteiger partial charge < -0.3 is 10.1 Å². The normalized spacial score (nSPS) is 10.1. The summed E-state index contributed by atoms with van der Waals surface area (Å²) < 4.78 is 5.55. The lowest BCUT2D eigenvalue weighted by atomic mass is 10.1. The molecular formula is C18H20N2O3. The van der Waals surface area contributed by atoms with Crippen LogP contribution in [0.5, 0.6) is 5.75 Å². The van der Waals surface area contributed by atoms with Crippen LogP contribution < -0.4 is 10.1 Å². The molecule has 0 saturated carbocycles. The van der Waals surface area contributed by atoms with Crippen molar-refractivity contribution in [1.82, 2.24) is 10.3 Å². The maximum atomic E-state index is 11.7. The second-order valence-corrected chi connectivity index (χ2v) is 5.13. The number of carbonyl (C=O) groups excluding carboxylic acids is 2. The number of nitrogens with zero attached hydrogens (tertiary/aromatic N) is 1. The number of hydrogen-bond donors (Lipinski definition) is 1. The van der Waals surface area contributed by atoms with E-state index < -0.39 is 0 Å². The SMILES string of the molecule is CC(=O)c1ccc(OCCCC(=O)NCc2ccccn2)cc1. The lowest BCUT2D eigenvalue weighted by molar-refractivity contribution is -0.121. The second-order valence-electron chi connectivity index (χ2n) is 5.13. The van der Waals surface area contributed by atoms with Crippen molar-refractivity contribution in [2.45, 2.75) is 26.3 Å². The zero-order valence-electron chi connectivity index (χ0n) is 13.1. The number of benzene rings is 1. The van der Waals surface area contributed by atoms with Gasteiger partial charge in [0.1, 0.15) is 5.75 Å². The molecule has 0 saturated heterocycles. The van der Waals surface area contributed by atoms with Crippen molar-refractivity contribution in [3.63, 3.8) is 0 Å². The number of hydrogen-bond acceptors (Lipinski definition) is 4. The van der Waals surface area contributed by atoms with E-state index in [2.05, 4.69) is 10.3 Å². The Balaban J connectivity index is 1.63. The molecule has 0 spiro atoms. The largest absolute Gasteiger partial charge is 0.494 e. The standard InChI is InChI=1S/C18H20N2O3/c1-14(21)15-7-9-17(10-8-15)23-12-4-6-18(22)20-13-16-5-2-3-11-19-16/h2-3,5,7-11H,4,6,12-13H2,1H3,(H,20,22). The van der Waals surface area contributed by atoms with Crippen molar-refractivity contribution in [2.24, 2.45) is 0 Å². The minimum atomic E-state index is -0.0221. The van der Waals surface area contributed by atoms with Gasteiger partial charge in [0.15, 0.2) is 5.78 Å². The predicted octanol–water partition coefficient (Wildman–Crippen LogP) is 2.76. The number of nitrogens with one attached hydrogen (secondary N) is 1. The number of aromatic nitrogens is 1. The Morgan fingerprint density at radius 1 is 1.13 bits per heavy atom. The number of ketones is 1. The topological polar surface area (TPSA) is 68.3 Å². The van der Waals surface area contributed by atoms with E-state index in [1.165, 1.54) is 6.92 Å². The number of ether oxygens (including phenoxy) is 1. The van der Waals surface area contributed by atoms with Crippen molar-refractivity contribution in [3.8, 4) is 5.75 Å². The van der Waals surface area contributed by atoms with Crippen LogP contribution in [0.4, 0.5) is 0 Å². The van der Waals surface area contributed by atoms with Crippen molar-refractivity contribution in [2.75, 3.05) is 6.61 Å². The summed E-state index contributed by atoms with van der Waals surface area (Å²) in [5, 5.41) is 2.82. The molecule has 5 heteroatoms. The van der Waals surface area contributed by atoms with Gasteiger partial charge in [-0.2, -0.15) is 0 Å². The van der Waals surface area contributed by atoms with Crippen molar-refractivity contribution in [3.05, 3.63) is 59.9 Å². The van der Waals surface area contributed by atoms with E-state index >= 15 is 0 Å². The summed E-state index contributed by atoms with van der Waals surface area (Å²) in [7, 11) is 0. The molecule has 1 amide bonds. The van der Waals surface area contributed by atoms with Crippen LogP contribution in [0.2, 0.25) is 0 Å². The molecule has 0 aliphatic heterocycles. The maximum absolute atomic E-state index is 11.7. The van der Waals surface area contributed by atoms with E-state index in [-0.39, 0.29) is 11.7 Å². The molecule has 1 aromatic carbocycles. The lowest BCUT2D eigenvalue weighted by Crippen LogP contribution is -2.23. The lowest BCUT2D eigenvalue weighted by Gasteiger charge is -2.07. The molecule has 2 rings (SSSR count). The second kappa shape index (κ2) is 8.68. The number of pyridine rings is 1. The average molecular weight is 312 g/mol. The van der Waals surface area contributed by atoms with Crippen molar-refractivity contribution >= 4 is 11.7 Å². The molecule has 0 atom stereocenters. The highest BCUT2D eigenvalue weighted by Crippen LogP contribution is 2.13. The molecule has 0 bridgehead atoms. The highest BCUT2D eigenvalue weighted by molar-refractivity contribution is 5.94. The molecule has 1 N–H and O–H groups in total. The molecule has 0 aliphatic rings. The Hall–Kier alpha value is -2.69. The molecule has 1 heterocycles. The van der Waals surface area contributed by atoms with Gasteiger partial charge in [0.05, 0.1) is 18.8 Å². The molecule has 1 aromatic heterocycles. The quantitative estimate of drug-likeness (QED) is 0.601. The monoisotopic (exact) mass is 312 g/mol. The highest BCUT2D eigenvalue weighted by atomic mass is 16.5. The zero-order valence-corrected chi connectivity index (χ0v) is 13.1. The molecule has 120 valence electrons. The smallest absolute Gasteiger partial charge is 0.220 e. The van der Waals surface area contributed by atoms with Gasteiger partial charge in [0.2, 0.25) is 5.91 Å². The third kappa shape index (κ3) is 5.90. The molecule has 0 aliphatic carbocycles. The summed E-state index contributed by atoms with van der Waals surface area (Å²) in [5.41, 5.74) is 1.49.